The minimum atomic E-state index is -0.228. The molecule has 2 aliphatic heterocycles. The molecule has 2 heterocycles. The van der Waals surface area contributed by atoms with E-state index in [1.807, 2.05) is 6.21 Å². The predicted molar refractivity (Wildman–Crippen MR) is 153 cm³/mol. The lowest BCUT2D eigenvalue weighted by atomic mass is 9.97. The van der Waals surface area contributed by atoms with Crippen LogP contribution < -0.4 is 5.32 Å². The van der Waals surface area contributed by atoms with Crippen LogP contribution in [0.2, 0.25) is 18.1 Å². The van der Waals surface area contributed by atoms with Gasteiger partial charge in [0.05, 0.1) is 6.04 Å². The number of aliphatic hydroxyl groups excluding tert-OH is 2. The van der Waals surface area contributed by atoms with E-state index in [0.29, 0.717) is 12.8 Å². The van der Waals surface area contributed by atoms with Gasteiger partial charge in [0.1, 0.15) is 11.6 Å². The van der Waals surface area contributed by atoms with Crippen LogP contribution in [0.15, 0.2) is 41.4 Å². The van der Waals surface area contributed by atoms with Gasteiger partial charge in [-0.15, -0.1) is 0 Å². The molecule has 2 aromatic carbocycles. The molecule has 1 saturated heterocycles. The highest BCUT2D eigenvalue weighted by Gasteiger charge is 2.19. The van der Waals surface area contributed by atoms with E-state index in [1.54, 1.807) is 24.3 Å². The van der Waals surface area contributed by atoms with Gasteiger partial charge in [-0.05, 0) is 97.8 Å². The van der Waals surface area contributed by atoms with Crippen LogP contribution in [0.25, 0.3) is 0 Å². The van der Waals surface area contributed by atoms with Crippen LogP contribution in [-0.2, 0) is 12.8 Å². The maximum absolute atomic E-state index is 13.2. The molecule has 206 valence electrons. The number of nitrogens with zero attached hydrogens (tertiary/aromatic N) is 1. The zero-order chi connectivity index (χ0) is 27.0. The summed E-state index contributed by atoms with van der Waals surface area (Å²) in [5.74, 6) is -0.422. The molecule has 1 fully saturated rings. The maximum atomic E-state index is 13.2. The largest absolute Gasteiger partial charge is 0.396 e. The first kappa shape index (κ1) is 31.3. The first-order valence-electron chi connectivity index (χ1n) is 14.0. The fourth-order valence-electron chi connectivity index (χ4n) is 5.02. The molecule has 2 aliphatic rings. The smallest absolute Gasteiger partial charge is 0.123 e. The van der Waals surface area contributed by atoms with Crippen molar-refractivity contribution in [2.45, 2.75) is 89.5 Å². The zero-order valence-electron chi connectivity index (χ0n) is 22.9. The molecule has 0 bridgehead atoms. The molecule has 2 unspecified atom stereocenters. The first-order valence-corrected chi connectivity index (χ1v) is 16.4. The van der Waals surface area contributed by atoms with Gasteiger partial charge < -0.3 is 15.5 Å². The van der Waals surface area contributed by atoms with E-state index >= 15 is 0 Å². The van der Waals surface area contributed by atoms with Gasteiger partial charge >= 0.3 is 0 Å². The summed E-state index contributed by atoms with van der Waals surface area (Å²) >= 11 is 0. The van der Waals surface area contributed by atoms with E-state index in [9.17, 15) is 8.78 Å². The van der Waals surface area contributed by atoms with Gasteiger partial charge in [0.2, 0.25) is 0 Å². The third-order valence-electron chi connectivity index (χ3n) is 7.36. The predicted octanol–water partition coefficient (Wildman–Crippen LogP) is 6.32. The second kappa shape index (κ2) is 17.6. The average molecular weight is 533 g/mol. The van der Waals surface area contributed by atoms with Gasteiger partial charge in [0, 0.05) is 28.1 Å². The van der Waals surface area contributed by atoms with Gasteiger partial charge in [-0.25, -0.2) is 8.78 Å². The Morgan fingerprint density at radius 1 is 0.865 bits per heavy atom. The Labute approximate surface area is 223 Å². The van der Waals surface area contributed by atoms with Crippen LogP contribution in [0.4, 0.5) is 8.78 Å². The van der Waals surface area contributed by atoms with Crippen LogP contribution in [-0.4, -0.2) is 45.0 Å². The van der Waals surface area contributed by atoms with Crippen LogP contribution in [0, 0.1) is 11.6 Å². The Hall–Kier alpha value is -1.93. The van der Waals surface area contributed by atoms with Crippen molar-refractivity contribution in [3.63, 3.8) is 0 Å². The third-order valence-corrected chi connectivity index (χ3v) is 10.8. The normalized spacial score (nSPS) is 18.4. The highest BCUT2D eigenvalue weighted by atomic mass is 28.3. The van der Waals surface area contributed by atoms with E-state index < -0.39 is 0 Å². The summed E-state index contributed by atoms with van der Waals surface area (Å²) in [5.41, 5.74) is 4.00. The van der Waals surface area contributed by atoms with E-state index in [0.717, 1.165) is 54.5 Å². The monoisotopic (exact) mass is 532 g/mol. The van der Waals surface area contributed by atoms with Crippen molar-refractivity contribution in [2.24, 2.45) is 4.99 Å². The van der Waals surface area contributed by atoms with E-state index in [2.05, 4.69) is 31.1 Å². The molecule has 0 spiro atoms. The Morgan fingerprint density at radius 2 is 1.43 bits per heavy atom. The van der Waals surface area contributed by atoms with E-state index in [4.69, 9.17) is 10.2 Å². The fraction of sp³-hybridized carbons (Fsp3) is 0.567. The third kappa shape index (κ3) is 10.4. The number of halogens is 2. The molecule has 37 heavy (non-hydrogen) atoms. The van der Waals surface area contributed by atoms with Crippen molar-refractivity contribution >= 4 is 15.0 Å². The Morgan fingerprint density at radius 3 is 1.86 bits per heavy atom. The lowest BCUT2D eigenvalue weighted by Gasteiger charge is -2.15. The lowest BCUT2D eigenvalue weighted by Crippen LogP contribution is -2.15. The molecule has 0 aromatic heterocycles. The summed E-state index contributed by atoms with van der Waals surface area (Å²) in [6, 6.07) is 14.4. The minimum Gasteiger partial charge on any atom is -0.396 e. The molecule has 0 saturated carbocycles. The number of hydrogen-bond acceptors (Lipinski definition) is 4. The number of aliphatic hydroxyl groups is 2. The van der Waals surface area contributed by atoms with Gasteiger partial charge in [0.15, 0.2) is 0 Å². The fourth-order valence-corrected chi connectivity index (χ4v) is 6.76. The molecular weight excluding hydrogens is 486 g/mol. The van der Waals surface area contributed by atoms with Crippen molar-refractivity contribution in [3.8, 4) is 0 Å². The molecule has 0 aliphatic carbocycles. The molecule has 7 heteroatoms. The van der Waals surface area contributed by atoms with E-state index in [1.165, 1.54) is 30.3 Å². The molecular formula is C30H46F2N2O2Si. The Balaban J connectivity index is 0.000000210. The number of aliphatic imine (C=N–C) groups is 1. The second-order valence-electron chi connectivity index (χ2n) is 9.80. The van der Waals surface area contributed by atoms with Crippen LogP contribution in [0.3, 0.4) is 0 Å². The first-order chi connectivity index (χ1) is 18.0. The van der Waals surface area contributed by atoms with Crippen molar-refractivity contribution in [1.29, 1.82) is 0 Å². The molecule has 4 nitrogen and oxygen atoms in total. The Bertz CT molecular complexity index is 942. The van der Waals surface area contributed by atoms with Crippen molar-refractivity contribution < 1.29 is 19.0 Å². The average Bonchev–Trinajstić information content (AvgIpc) is 3.63. The SMILES string of the molecule is CC[SiH](CC)CC.OCCc1ccc(F)cc1C1CCC=N1.OCCc1ccc(F)cc1C1CCCN1. The van der Waals surface area contributed by atoms with Gasteiger partial charge in [-0.1, -0.05) is 51.0 Å². The number of nitrogens with one attached hydrogen (secondary N) is 1. The number of benzene rings is 2. The Kier molecular flexibility index (Phi) is 14.8. The van der Waals surface area contributed by atoms with Gasteiger partial charge in [-0.2, -0.15) is 0 Å². The standard InChI is InChI=1S/C12H16FNO.C12H14FNO.C6H16Si/c2*13-10-4-3-9(5-7-15)11(8-10)12-2-1-6-14-12;1-4-7(5-2)6-3/h3-4,8,12,14-15H,1-2,5-7H2;3-4,6,8,12,15H,1-2,5,7H2;7H,4-6H2,1-3H3. The quantitative estimate of drug-likeness (QED) is 0.331. The lowest BCUT2D eigenvalue weighted by molar-refractivity contribution is 0.298. The van der Waals surface area contributed by atoms with Crippen LogP contribution >= 0.6 is 0 Å². The van der Waals surface area contributed by atoms with E-state index in [-0.39, 0.29) is 45.7 Å². The molecule has 0 radical (unpaired) electrons. The molecule has 3 N–H and O–H groups in total. The summed E-state index contributed by atoms with van der Waals surface area (Å²) in [6.45, 7) is 8.18. The summed E-state index contributed by atoms with van der Waals surface area (Å²) in [4.78, 5) is 4.32. The summed E-state index contributed by atoms with van der Waals surface area (Å²) in [5, 5.41) is 21.2. The minimum absolute atomic E-state index is 0.0854. The van der Waals surface area contributed by atoms with Crippen LogP contribution in [0.1, 0.15) is 80.8 Å². The van der Waals surface area contributed by atoms with Gasteiger partial charge in [-0.3, -0.25) is 4.99 Å². The highest BCUT2D eigenvalue weighted by molar-refractivity contribution is 6.58. The molecule has 2 aromatic rings. The topological polar surface area (TPSA) is 64.9 Å². The van der Waals surface area contributed by atoms with Crippen molar-refractivity contribution in [1.82, 2.24) is 5.32 Å². The number of hydrogen-bond donors (Lipinski definition) is 3. The summed E-state index contributed by atoms with van der Waals surface area (Å²) in [6.07, 6.45) is 7.16. The molecule has 0 amide bonds. The molecule has 4 rings (SSSR count). The van der Waals surface area contributed by atoms with Crippen molar-refractivity contribution in [3.05, 3.63) is 70.3 Å². The number of rotatable bonds is 9. The van der Waals surface area contributed by atoms with Gasteiger partial charge in [0.25, 0.3) is 0 Å². The zero-order valence-corrected chi connectivity index (χ0v) is 24.0. The maximum Gasteiger partial charge on any atom is 0.123 e. The van der Waals surface area contributed by atoms with Crippen LogP contribution in [0.5, 0.6) is 0 Å². The second-order valence-corrected chi connectivity index (χ2v) is 14.0. The molecule has 2 atom stereocenters. The highest BCUT2D eigenvalue weighted by Crippen LogP contribution is 2.30. The summed E-state index contributed by atoms with van der Waals surface area (Å²) in [7, 11) is -0.171. The van der Waals surface area contributed by atoms with Crippen molar-refractivity contribution in [2.75, 3.05) is 19.8 Å². The summed E-state index contributed by atoms with van der Waals surface area (Å²) < 4.78 is 26.3.